The van der Waals surface area contributed by atoms with E-state index >= 15 is 0 Å². The van der Waals surface area contributed by atoms with Crippen LogP contribution in [0.4, 0.5) is 17.1 Å². The molecular formula is C60H40N2S. The first-order valence-corrected chi connectivity index (χ1v) is 22.3. The van der Waals surface area contributed by atoms with Crippen molar-refractivity contribution < 1.29 is 0 Å². The third-order valence-electron chi connectivity index (χ3n) is 12.4. The summed E-state index contributed by atoms with van der Waals surface area (Å²) < 4.78 is 5.01. The first-order valence-electron chi connectivity index (χ1n) is 21.5. The van der Waals surface area contributed by atoms with Gasteiger partial charge in [0.15, 0.2) is 0 Å². The summed E-state index contributed by atoms with van der Waals surface area (Å²) >= 11 is 1.88. The van der Waals surface area contributed by atoms with Crippen molar-refractivity contribution in [3.05, 3.63) is 243 Å². The maximum absolute atomic E-state index is 2.42. The van der Waals surface area contributed by atoms with E-state index in [9.17, 15) is 0 Å². The van der Waals surface area contributed by atoms with E-state index < -0.39 is 0 Å². The zero-order valence-corrected chi connectivity index (χ0v) is 35.2. The molecule has 2 nitrogen and oxygen atoms in total. The van der Waals surface area contributed by atoms with Crippen LogP contribution >= 0.6 is 11.3 Å². The van der Waals surface area contributed by atoms with Crippen molar-refractivity contribution in [1.82, 2.24) is 4.57 Å². The lowest BCUT2D eigenvalue weighted by molar-refractivity contribution is 1.18. The SMILES string of the molecule is c1ccc(-c2ccc(N(c3ccc(-c4ccccc4)cc3)c3cc(-c4ccc5c6ccccc6n(-c6ccccc6)c5c4)cc(-c4cccc5c4sc4ccccc45)c3)cc2)cc1. The Labute approximate surface area is 370 Å². The number of fused-ring (bicyclic) bond motifs is 6. The molecule has 2 heterocycles. The van der Waals surface area contributed by atoms with E-state index in [4.69, 9.17) is 0 Å². The number of para-hydroxylation sites is 2. The van der Waals surface area contributed by atoms with Crippen LogP contribution in [0.15, 0.2) is 243 Å². The van der Waals surface area contributed by atoms with Gasteiger partial charge in [-0.1, -0.05) is 170 Å². The summed E-state index contributed by atoms with van der Waals surface area (Å²) in [6.45, 7) is 0. The second kappa shape index (κ2) is 15.5. The van der Waals surface area contributed by atoms with E-state index in [0.29, 0.717) is 0 Å². The van der Waals surface area contributed by atoms with Crippen molar-refractivity contribution in [3.8, 4) is 50.2 Å². The van der Waals surface area contributed by atoms with Gasteiger partial charge in [0, 0.05) is 53.7 Å². The zero-order valence-electron chi connectivity index (χ0n) is 34.4. The molecule has 63 heavy (non-hydrogen) atoms. The minimum atomic E-state index is 1.09. The number of anilines is 3. The molecule has 296 valence electrons. The van der Waals surface area contributed by atoms with E-state index in [1.807, 2.05) is 11.3 Å². The monoisotopic (exact) mass is 820 g/mol. The topological polar surface area (TPSA) is 8.17 Å². The second-order valence-corrected chi connectivity index (χ2v) is 17.2. The summed E-state index contributed by atoms with van der Waals surface area (Å²) in [6.07, 6.45) is 0. The molecule has 0 saturated heterocycles. The largest absolute Gasteiger partial charge is 0.310 e. The molecule has 0 N–H and O–H groups in total. The second-order valence-electron chi connectivity index (χ2n) is 16.1. The van der Waals surface area contributed by atoms with Crippen LogP contribution in [0.3, 0.4) is 0 Å². The van der Waals surface area contributed by atoms with E-state index in [1.54, 1.807) is 0 Å². The van der Waals surface area contributed by atoms with Gasteiger partial charge in [-0.15, -0.1) is 11.3 Å². The summed E-state index contributed by atoms with van der Waals surface area (Å²) in [4.78, 5) is 2.42. The third-order valence-corrected chi connectivity index (χ3v) is 13.6. The van der Waals surface area contributed by atoms with Crippen LogP contribution < -0.4 is 4.90 Å². The average Bonchev–Trinajstić information content (AvgIpc) is 3.91. The molecule has 0 saturated carbocycles. The molecule has 0 amide bonds. The van der Waals surface area contributed by atoms with Crippen molar-refractivity contribution >= 4 is 70.4 Å². The number of benzene rings is 10. The quantitative estimate of drug-likeness (QED) is 0.148. The Balaban J connectivity index is 1.10. The highest BCUT2D eigenvalue weighted by molar-refractivity contribution is 7.26. The standard InChI is InChI=1S/C60H40N2S/c1-4-15-41(16-5-1)43-27-32-49(33-28-43)61(50-34-29-44(30-35-50)42-17-6-2-7-18-42)51-38-46(37-47(39-51)52-23-14-24-56-55-22-11-13-26-59(55)63-60(52)56)45-31-36-54-53-21-10-12-25-57(53)62(58(54)40-45)48-19-8-3-9-20-48/h1-40H. The van der Waals surface area contributed by atoms with Gasteiger partial charge in [-0.25, -0.2) is 0 Å². The molecule has 0 aliphatic heterocycles. The Hall–Kier alpha value is -7.98. The highest BCUT2D eigenvalue weighted by Crippen LogP contribution is 2.45. The smallest absolute Gasteiger partial charge is 0.0547 e. The lowest BCUT2D eigenvalue weighted by Crippen LogP contribution is -2.10. The highest BCUT2D eigenvalue weighted by Gasteiger charge is 2.20. The van der Waals surface area contributed by atoms with Crippen LogP contribution in [0.2, 0.25) is 0 Å². The molecule has 3 heteroatoms. The Morgan fingerprint density at radius 2 is 0.825 bits per heavy atom. The van der Waals surface area contributed by atoms with E-state index in [0.717, 1.165) is 33.9 Å². The van der Waals surface area contributed by atoms with Crippen molar-refractivity contribution in [2.24, 2.45) is 0 Å². The molecule has 0 unspecified atom stereocenters. The number of aromatic nitrogens is 1. The molecule has 12 aromatic rings. The van der Waals surface area contributed by atoms with Crippen LogP contribution in [-0.2, 0) is 0 Å². The predicted molar refractivity (Wildman–Crippen MR) is 270 cm³/mol. The molecule has 0 radical (unpaired) electrons. The van der Waals surface area contributed by atoms with Gasteiger partial charge in [-0.2, -0.15) is 0 Å². The normalized spacial score (nSPS) is 11.5. The lowest BCUT2D eigenvalue weighted by Gasteiger charge is -2.27. The van der Waals surface area contributed by atoms with Crippen LogP contribution in [0.5, 0.6) is 0 Å². The maximum Gasteiger partial charge on any atom is 0.0547 e. The van der Waals surface area contributed by atoms with Gasteiger partial charge in [-0.05, 0) is 117 Å². The molecule has 0 aliphatic rings. The third kappa shape index (κ3) is 6.58. The summed E-state index contributed by atoms with van der Waals surface area (Å²) in [7, 11) is 0. The van der Waals surface area contributed by atoms with Crippen molar-refractivity contribution in [2.45, 2.75) is 0 Å². The number of nitrogens with zero attached hydrogens (tertiary/aromatic N) is 2. The molecular weight excluding hydrogens is 781 g/mol. The molecule has 10 aromatic carbocycles. The van der Waals surface area contributed by atoms with Crippen molar-refractivity contribution in [2.75, 3.05) is 4.90 Å². The van der Waals surface area contributed by atoms with Crippen molar-refractivity contribution in [3.63, 3.8) is 0 Å². The maximum atomic E-state index is 2.42. The Morgan fingerprint density at radius 1 is 0.302 bits per heavy atom. The van der Waals surface area contributed by atoms with E-state index in [1.165, 1.54) is 75.4 Å². The summed E-state index contributed by atoms with van der Waals surface area (Å²) in [5, 5.41) is 5.08. The Kier molecular flexibility index (Phi) is 9.06. The van der Waals surface area contributed by atoms with Gasteiger partial charge in [0.2, 0.25) is 0 Å². The molecule has 2 aromatic heterocycles. The van der Waals surface area contributed by atoms with Crippen LogP contribution in [-0.4, -0.2) is 4.57 Å². The Bertz CT molecular complexity index is 3500. The van der Waals surface area contributed by atoms with Gasteiger partial charge < -0.3 is 9.47 Å². The van der Waals surface area contributed by atoms with Crippen LogP contribution in [0.25, 0.3) is 92.2 Å². The number of thiophene rings is 1. The summed E-state index contributed by atoms with van der Waals surface area (Å²) in [6, 6.07) is 88.5. The minimum absolute atomic E-state index is 1.09. The molecule has 0 aliphatic carbocycles. The first-order chi connectivity index (χ1) is 31.2. The number of hydrogen-bond acceptors (Lipinski definition) is 2. The highest BCUT2D eigenvalue weighted by atomic mass is 32.1. The Morgan fingerprint density at radius 3 is 1.51 bits per heavy atom. The zero-order chi connectivity index (χ0) is 41.7. The van der Waals surface area contributed by atoms with Crippen molar-refractivity contribution in [1.29, 1.82) is 0 Å². The average molecular weight is 821 g/mol. The fourth-order valence-electron chi connectivity index (χ4n) is 9.36. The molecule has 0 spiro atoms. The molecule has 0 atom stereocenters. The van der Waals surface area contributed by atoms with E-state index in [2.05, 4.69) is 252 Å². The molecule has 12 rings (SSSR count). The van der Waals surface area contributed by atoms with E-state index in [-0.39, 0.29) is 0 Å². The molecule has 0 bridgehead atoms. The first kappa shape index (κ1) is 36.8. The fraction of sp³-hybridized carbons (Fsp3) is 0. The van der Waals surface area contributed by atoms with Gasteiger partial charge in [0.25, 0.3) is 0 Å². The predicted octanol–water partition coefficient (Wildman–Crippen LogP) is 17.3. The van der Waals surface area contributed by atoms with Crippen LogP contribution in [0.1, 0.15) is 0 Å². The van der Waals surface area contributed by atoms with Gasteiger partial charge in [0.1, 0.15) is 0 Å². The van der Waals surface area contributed by atoms with Gasteiger partial charge >= 0.3 is 0 Å². The summed E-state index contributed by atoms with van der Waals surface area (Å²) in [5.74, 6) is 0. The lowest BCUT2D eigenvalue weighted by atomic mass is 9.95. The van der Waals surface area contributed by atoms with Crippen LogP contribution in [0, 0.1) is 0 Å². The molecule has 0 fully saturated rings. The fourth-order valence-corrected chi connectivity index (χ4v) is 10.6. The minimum Gasteiger partial charge on any atom is -0.310 e. The summed E-state index contributed by atoms with van der Waals surface area (Å²) in [5.41, 5.74) is 16.3. The number of rotatable bonds is 8. The number of hydrogen-bond donors (Lipinski definition) is 0. The van der Waals surface area contributed by atoms with Gasteiger partial charge in [0.05, 0.1) is 11.0 Å². The van der Waals surface area contributed by atoms with Gasteiger partial charge in [-0.3, -0.25) is 0 Å².